The van der Waals surface area contributed by atoms with Crippen LogP contribution in [0.3, 0.4) is 0 Å². The van der Waals surface area contributed by atoms with E-state index in [4.69, 9.17) is 0 Å². The Morgan fingerprint density at radius 1 is 1.41 bits per heavy atom. The van der Waals surface area contributed by atoms with Crippen molar-refractivity contribution in [2.75, 3.05) is 6.54 Å². The van der Waals surface area contributed by atoms with Crippen molar-refractivity contribution in [3.63, 3.8) is 0 Å². The lowest BCUT2D eigenvalue weighted by Gasteiger charge is -2.26. The molecule has 1 heterocycles. The number of aryl methyl sites for hydroxylation is 1. The van der Waals surface area contributed by atoms with Crippen molar-refractivity contribution in [3.8, 4) is 0 Å². The number of aliphatic hydroxyl groups excluding tert-OH is 1. The van der Waals surface area contributed by atoms with E-state index in [9.17, 15) is 9.90 Å². The van der Waals surface area contributed by atoms with Crippen LogP contribution in [0.5, 0.6) is 0 Å². The number of amides is 1. The van der Waals surface area contributed by atoms with Gasteiger partial charge in [-0.3, -0.25) is 4.79 Å². The molecule has 0 saturated carbocycles. The Kier molecular flexibility index (Phi) is 4.91. The zero-order valence-electron chi connectivity index (χ0n) is 13.9. The molecular weight excluding hydrogens is 276 g/mol. The molecule has 2 rings (SSSR count). The molecular formula is C18H26N2O2. The standard InChI is InChI=1S/C18H26N2O2/c1-12-6-5-7-15-14(10-19-17(12)15)8-16(22)20-11-18(3,4)9-13(2)21/h5-7,10,13,19,21H,8-9,11H2,1-4H3,(H,20,22). The van der Waals surface area contributed by atoms with Gasteiger partial charge >= 0.3 is 0 Å². The fourth-order valence-electron chi connectivity index (χ4n) is 2.96. The van der Waals surface area contributed by atoms with Crippen LogP contribution in [-0.4, -0.2) is 28.6 Å². The molecule has 3 N–H and O–H groups in total. The predicted octanol–water partition coefficient (Wildman–Crippen LogP) is 2.93. The fraction of sp³-hybridized carbons (Fsp3) is 0.500. The molecule has 2 aromatic rings. The number of hydrogen-bond donors (Lipinski definition) is 3. The first-order valence-corrected chi connectivity index (χ1v) is 7.79. The van der Waals surface area contributed by atoms with E-state index in [2.05, 4.69) is 37.1 Å². The molecule has 0 fully saturated rings. The summed E-state index contributed by atoms with van der Waals surface area (Å²) in [4.78, 5) is 15.4. The summed E-state index contributed by atoms with van der Waals surface area (Å²) in [5.74, 6) is 0.0149. The molecule has 4 heteroatoms. The van der Waals surface area contributed by atoms with Gasteiger partial charge in [0.25, 0.3) is 0 Å². The van der Waals surface area contributed by atoms with Crippen LogP contribution in [0.25, 0.3) is 10.9 Å². The number of aliphatic hydroxyl groups is 1. The minimum Gasteiger partial charge on any atom is -0.393 e. The van der Waals surface area contributed by atoms with Gasteiger partial charge in [-0.05, 0) is 36.8 Å². The van der Waals surface area contributed by atoms with Crippen LogP contribution in [0.4, 0.5) is 0 Å². The minimum atomic E-state index is -0.358. The Bertz CT molecular complexity index is 656. The summed E-state index contributed by atoms with van der Waals surface area (Å²) in [6.45, 7) is 8.50. The van der Waals surface area contributed by atoms with Crippen LogP contribution in [0.2, 0.25) is 0 Å². The van der Waals surface area contributed by atoms with Crippen LogP contribution in [0.15, 0.2) is 24.4 Å². The summed E-state index contributed by atoms with van der Waals surface area (Å²) < 4.78 is 0. The highest BCUT2D eigenvalue weighted by Gasteiger charge is 2.21. The third-order valence-corrected chi connectivity index (χ3v) is 3.97. The third-order valence-electron chi connectivity index (χ3n) is 3.97. The van der Waals surface area contributed by atoms with Crippen molar-refractivity contribution in [1.29, 1.82) is 0 Å². The lowest BCUT2D eigenvalue weighted by atomic mass is 9.87. The highest BCUT2D eigenvalue weighted by atomic mass is 16.3. The van der Waals surface area contributed by atoms with Crippen LogP contribution >= 0.6 is 0 Å². The molecule has 120 valence electrons. The van der Waals surface area contributed by atoms with E-state index < -0.39 is 0 Å². The molecule has 0 aliphatic rings. The Morgan fingerprint density at radius 3 is 2.82 bits per heavy atom. The summed E-state index contributed by atoms with van der Waals surface area (Å²) in [5, 5.41) is 13.6. The maximum absolute atomic E-state index is 12.2. The van der Waals surface area contributed by atoms with Gasteiger partial charge in [0.2, 0.25) is 5.91 Å². The SMILES string of the molecule is Cc1cccc2c(CC(=O)NCC(C)(C)CC(C)O)c[nH]c12. The van der Waals surface area contributed by atoms with Crippen molar-refractivity contribution < 1.29 is 9.90 Å². The van der Waals surface area contributed by atoms with Gasteiger partial charge in [0.05, 0.1) is 12.5 Å². The Hall–Kier alpha value is -1.81. The number of nitrogens with one attached hydrogen (secondary N) is 2. The normalized spacial score (nSPS) is 13.3. The van der Waals surface area contributed by atoms with Crippen molar-refractivity contribution in [2.45, 2.75) is 46.6 Å². The van der Waals surface area contributed by atoms with E-state index in [0.717, 1.165) is 16.5 Å². The number of H-pyrrole nitrogens is 1. The second kappa shape index (κ2) is 6.53. The molecule has 0 spiro atoms. The summed E-state index contributed by atoms with van der Waals surface area (Å²) in [5.41, 5.74) is 3.19. The second-order valence-corrected chi connectivity index (χ2v) is 6.98. The number of rotatable bonds is 6. The number of aromatic amines is 1. The smallest absolute Gasteiger partial charge is 0.224 e. The van der Waals surface area contributed by atoms with E-state index in [1.54, 1.807) is 6.92 Å². The molecule has 0 bridgehead atoms. The van der Waals surface area contributed by atoms with E-state index >= 15 is 0 Å². The number of carbonyl (C=O) groups excluding carboxylic acids is 1. The zero-order valence-corrected chi connectivity index (χ0v) is 13.9. The number of para-hydroxylation sites is 1. The number of benzene rings is 1. The summed E-state index contributed by atoms with van der Waals surface area (Å²) in [6, 6.07) is 6.11. The van der Waals surface area contributed by atoms with Gasteiger partial charge in [0.15, 0.2) is 0 Å². The maximum Gasteiger partial charge on any atom is 0.224 e. The highest BCUT2D eigenvalue weighted by Crippen LogP contribution is 2.23. The Labute approximate surface area is 131 Å². The van der Waals surface area contributed by atoms with Crippen LogP contribution in [-0.2, 0) is 11.2 Å². The summed E-state index contributed by atoms with van der Waals surface area (Å²) >= 11 is 0. The largest absolute Gasteiger partial charge is 0.393 e. The molecule has 1 atom stereocenters. The molecule has 1 aromatic heterocycles. The predicted molar refractivity (Wildman–Crippen MR) is 89.8 cm³/mol. The van der Waals surface area contributed by atoms with Gasteiger partial charge in [0, 0.05) is 23.6 Å². The van der Waals surface area contributed by atoms with Crippen LogP contribution in [0, 0.1) is 12.3 Å². The molecule has 1 unspecified atom stereocenters. The van der Waals surface area contributed by atoms with Gasteiger partial charge < -0.3 is 15.4 Å². The number of carbonyl (C=O) groups is 1. The van der Waals surface area contributed by atoms with Crippen LogP contribution < -0.4 is 5.32 Å². The summed E-state index contributed by atoms with van der Waals surface area (Å²) in [6.07, 6.45) is 2.59. The third kappa shape index (κ3) is 4.10. The summed E-state index contributed by atoms with van der Waals surface area (Å²) in [7, 11) is 0. The van der Waals surface area contributed by atoms with E-state index in [1.807, 2.05) is 18.3 Å². The van der Waals surface area contributed by atoms with Crippen molar-refractivity contribution in [3.05, 3.63) is 35.5 Å². The monoisotopic (exact) mass is 302 g/mol. The number of aromatic nitrogens is 1. The van der Waals surface area contributed by atoms with Crippen molar-refractivity contribution in [1.82, 2.24) is 10.3 Å². The quantitative estimate of drug-likeness (QED) is 0.768. The van der Waals surface area contributed by atoms with Gasteiger partial charge in [-0.15, -0.1) is 0 Å². The molecule has 0 aliphatic carbocycles. The van der Waals surface area contributed by atoms with Gasteiger partial charge in [-0.2, -0.15) is 0 Å². The average molecular weight is 302 g/mol. The van der Waals surface area contributed by atoms with E-state index in [1.165, 1.54) is 5.56 Å². The second-order valence-electron chi connectivity index (χ2n) is 6.98. The highest BCUT2D eigenvalue weighted by molar-refractivity contribution is 5.90. The van der Waals surface area contributed by atoms with E-state index in [0.29, 0.717) is 19.4 Å². The van der Waals surface area contributed by atoms with Crippen LogP contribution in [0.1, 0.15) is 38.3 Å². The van der Waals surface area contributed by atoms with Crippen molar-refractivity contribution >= 4 is 16.8 Å². The zero-order chi connectivity index (χ0) is 16.3. The maximum atomic E-state index is 12.2. The molecule has 1 amide bonds. The first kappa shape index (κ1) is 16.6. The first-order chi connectivity index (χ1) is 10.3. The lowest BCUT2D eigenvalue weighted by molar-refractivity contribution is -0.121. The minimum absolute atomic E-state index is 0.0149. The lowest BCUT2D eigenvalue weighted by Crippen LogP contribution is -2.36. The van der Waals surface area contributed by atoms with Crippen molar-refractivity contribution in [2.24, 2.45) is 5.41 Å². The van der Waals surface area contributed by atoms with Gasteiger partial charge in [0.1, 0.15) is 0 Å². The molecule has 0 aliphatic heterocycles. The molecule has 4 nitrogen and oxygen atoms in total. The topological polar surface area (TPSA) is 65.1 Å². The Morgan fingerprint density at radius 2 is 2.14 bits per heavy atom. The number of hydrogen-bond acceptors (Lipinski definition) is 2. The van der Waals surface area contributed by atoms with Gasteiger partial charge in [-0.1, -0.05) is 32.0 Å². The van der Waals surface area contributed by atoms with E-state index in [-0.39, 0.29) is 17.4 Å². The Balaban J connectivity index is 1.98. The molecule has 0 saturated heterocycles. The molecule has 22 heavy (non-hydrogen) atoms. The number of fused-ring (bicyclic) bond motifs is 1. The van der Waals surface area contributed by atoms with Gasteiger partial charge in [-0.25, -0.2) is 0 Å². The first-order valence-electron chi connectivity index (χ1n) is 7.79. The molecule has 1 aromatic carbocycles. The molecule has 0 radical (unpaired) electrons. The average Bonchev–Trinajstić information content (AvgIpc) is 2.80. The fourth-order valence-corrected chi connectivity index (χ4v) is 2.96.